The molecule has 2 aromatic carbocycles. The fraction of sp³-hybridized carbons (Fsp3) is 0.346. The Balaban J connectivity index is 0.00000306. The molecule has 1 aromatic heterocycles. The number of unbranched alkanes of at least 4 members (excludes halogenated alkanes) is 1. The number of anilines is 1. The van der Waals surface area contributed by atoms with Crippen molar-refractivity contribution in [3.05, 3.63) is 71.4 Å². The average molecular weight is 454 g/mol. The first kappa shape index (κ1) is 22.5. The smallest absolute Gasteiger partial charge is 0.243 e. The van der Waals surface area contributed by atoms with Crippen molar-refractivity contribution in [3.63, 3.8) is 0 Å². The number of halogens is 1. The summed E-state index contributed by atoms with van der Waals surface area (Å²) in [6.45, 7) is 5.91. The van der Waals surface area contributed by atoms with Gasteiger partial charge in [0.1, 0.15) is 5.82 Å². The molecule has 3 aromatic rings. The second-order valence-electron chi connectivity index (χ2n) is 8.19. The normalized spacial score (nSPS) is 15.3. The number of hydrogen-bond donors (Lipinski definition) is 1. The van der Waals surface area contributed by atoms with Crippen molar-refractivity contribution in [2.45, 2.75) is 19.3 Å². The molecule has 0 atom stereocenters. The lowest BCUT2D eigenvalue weighted by molar-refractivity contribution is -0.116. The number of amides is 1. The molecule has 0 bridgehead atoms. The van der Waals surface area contributed by atoms with Gasteiger partial charge in [0.2, 0.25) is 5.91 Å². The topological polar surface area (TPSA) is 35.6 Å². The molecule has 1 N–H and O–H groups in total. The summed E-state index contributed by atoms with van der Waals surface area (Å²) < 4.78 is 14.5. The summed E-state index contributed by atoms with van der Waals surface area (Å²) in [5.74, 6) is -0.210. The highest BCUT2D eigenvalue weighted by Crippen LogP contribution is 2.34. The summed E-state index contributed by atoms with van der Waals surface area (Å²) in [4.78, 5) is 16.9. The van der Waals surface area contributed by atoms with Gasteiger partial charge in [-0.2, -0.15) is 0 Å². The van der Waals surface area contributed by atoms with E-state index in [0.717, 1.165) is 67.6 Å². The highest BCUT2D eigenvalue weighted by Gasteiger charge is 2.17. The number of fused-ring (bicyclic) bond motifs is 1. The SMILES string of the molecule is O=C(/C=C/c1ccccc1)NCCCCN1CCCN(c2csc3cc(F)ccc23)CC1.[HH]. The van der Waals surface area contributed by atoms with E-state index in [1.54, 1.807) is 29.5 Å². The minimum absolute atomic E-state index is 0. The first-order valence-electron chi connectivity index (χ1n) is 11.3. The number of carbonyl (C=O) groups is 1. The number of carbonyl (C=O) groups excluding carboxylic acids is 1. The maximum absolute atomic E-state index is 13.5. The van der Waals surface area contributed by atoms with Crippen molar-refractivity contribution in [2.75, 3.05) is 44.2 Å². The second-order valence-corrected chi connectivity index (χ2v) is 9.10. The Morgan fingerprint density at radius 2 is 1.97 bits per heavy atom. The zero-order valence-corrected chi connectivity index (χ0v) is 19.1. The molecule has 0 unspecified atom stereocenters. The van der Waals surface area contributed by atoms with Crippen LogP contribution in [0.25, 0.3) is 16.2 Å². The first-order chi connectivity index (χ1) is 15.7. The van der Waals surface area contributed by atoms with Gasteiger partial charge in [0.15, 0.2) is 0 Å². The van der Waals surface area contributed by atoms with Crippen LogP contribution in [0.15, 0.2) is 60.0 Å². The van der Waals surface area contributed by atoms with Crippen molar-refractivity contribution in [2.24, 2.45) is 0 Å². The average Bonchev–Trinajstić information content (AvgIpc) is 3.08. The minimum atomic E-state index is -0.170. The first-order valence-corrected chi connectivity index (χ1v) is 12.2. The Hall–Kier alpha value is -2.70. The summed E-state index contributed by atoms with van der Waals surface area (Å²) in [5.41, 5.74) is 2.26. The van der Waals surface area contributed by atoms with E-state index in [-0.39, 0.29) is 13.2 Å². The van der Waals surface area contributed by atoms with Crippen molar-refractivity contribution in [1.29, 1.82) is 0 Å². The van der Waals surface area contributed by atoms with Crippen LogP contribution in [0.5, 0.6) is 0 Å². The van der Waals surface area contributed by atoms with Crippen LogP contribution in [0.4, 0.5) is 10.1 Å². The fourth-order valence-corrected chi connectivity index (χ4v) is 5.13. The van der Waals surface area contributed by atoms with Gasteiger partial charge in [-0.05, 0) is 62.2 Å². The Bertz CT molecular complexity index is 1060. The fourth-order valence-electron chi connectivity index (χ4n) is 4.14. The molecule has 0 spiro atoms. The lowest BCUT2D eigenvalue weighted by atomic mass is 10.2. The van der Waals surface area contributed by atoms with Gasteiger partial charge >= 0.3 is 0 Å². The van der Waals surface area contributed by atoms with E-state index >= 15 is 0 Å². The number of nitrogens with one attached hydrogen (secondary N) is 1. The van der Waals surface area contributed by atoms with Crippen LogP contribution in [-0.2, 0) is 4.79 Å². The summed E-state index contributed by atoms with van der Waals surface area (Å²) in [6, 6.07) is 14.9. The molecule has 0 saturated carbocycles. The molecular weight excluding hydrogens is 421 g/mol. The molecule has 1 saturated heterocycles. The number of hydrogen-bond acceptors (Lipinski definition) is 4. The molecule has 1 aliphatic rings. The highest BCUT2D eigenvalue weighted by atomic mass is 32.1. The van der Waals surface area contributed by atoms with Gasteiger partial charge in [0.05, 0.1) is 5.69 Å². The lowest BCUT2D eigenvalue weighted by Crippen LogP contribution is -2.31. The summed E-state index contributed by atoms with van der Waals surface area (Å²) in [6.07, 6.45) is 6.61. The summed E-state index contributed by atoms with van der Waals surface area (Å²) >= 11 is 1.62. The largest absolute Gasteiger partial charge is 0.369 e. The molecule has 170 valence electrons. The lowest BCUT2D eigenvalue weighted by Gasteiger charge is -2.23. The third kappa shape index (κ3) is 6.17. The van der Waals surface area contributed by atoms with Gasteiger partial charge in [-0.25, -0.2) is 4.39 Å². The highest BCUT2D eigenvalue weighted by molar-refractivity contribution is 7.17. The van der Waals surface area contributed by atoms with Crippen LogP contribution in [0.1, 0.15) is 26.3 Å². The molecule has 1 amide bonds. The van der Waals surface area contributed by atoms with Crippen LogP contribution in [0.3, 0.4) is 0 Å². The van der Waals surface area contributed by atoms with Crippen molar-refractivity contribution >= 4 is 39.1 Å². The predicted molar refractivity (Wildman–Crippen MR) is 135 cm³/mol. The van der Waals surface area contributed by atoms with E-state index < -0.39 is 0 Å². The molecule has 2 heterocycles. The second kappa shape index (κ2) is 11.2. The van der Waals surface area contributed by atoms with Crippen LogP contribution < -0.4 is 10.2 Å². The third-order valence-electron chi connectivity index (χ3n) is 5.87. The van der Waals surface area contributed by atoms with Crippen LogP contribution in [0.2, 0.25) is 0 Å². The molecule has 1 fully saturated rings. The van der Waals surface area contributed by atoms with Crippen molar-refractivity contribution in [3.8, 4) is 0 Å². The van der Waals surface area contributed by atoms with E-state index in [1.807, 2.05) is 42.5 Å². The van der Waals surface area contributed by atoms with Crippen molar-refractivity contribution < 1.29 is 10.6 Å². The Kier molecular flexibility index (Phi) is 7.91. The van der Waals surface area contributed by atoms with E-state index in [0.29, 0.717) is 6.54 Å². The Morgan fingerprint density at radius 1 is 1.09 bits per heavy atom. The Morgan fingerprint density at radius 3 is 2.84 bits per heavy atom. The van der Waals surface area contributed by atoms with Gasteiger partial charge in [-0.1, -0.05) is 30.3 Å². The molecule has 0 radical (unpaired) electrons. The molecule has 1 aliphatic heterocycles. The van der Waals surface area contributed by atoms with E-state index in [4.69, 9.17) is 0 Å². The number of thiophene rings is 1. The summed E-state index contributed by atoms with van der Waals surface area (Å²) in [7, 11) is 0. The molecule has 4 nitrogen and oxygen atoms in total. The van der Waals surface area contributed by atoms with Gasteiger partial charge in [0.25, 0.3) is 0 Å². The molecule has 6 heteroatoms. The van der Waals surface area contributed by atoms with Gasteiger partial charge in [-0.3, -0.25) is 4.79 Å². The quantitative estimate of drug-likeness (QED) is 0.366. The standard InChI is InChI=1S/C26H30FN3OS.H2/c27-22-10-11-23-24(20-32-25(23)19-22)30-16-6-15-29(17-18-30)14-5-4-13-28-26(31)12-9-21-7-2-1-3-8-21;/h1-3,7-12,19-20H,4-6,13-18H2,(H,28,31);1H/b12-9+;. The minimum Gasteiger partial charge on any atom is -0.369 e. The maximum Gasteiger partial charge on any atom is 0.243 e. The summed E-state index contributed by atoms with van der Waals surface area (Å²) in [5, 5.41) is 6.29. The monoisotopic (exact) mass is 453 g/mol. The van der Waals surface area contributed by atoms with Crippen LogP contribution >= 0.6 is 11.3 Å². The van der Waals surface area contributed by atoms with E-state index in [1.165, 1.54) is 5.69 Å². The number of nitrogens with zero attached hydrogens (tertiary/aromatic N) is 2. The third-order valence-corrected chi connectivity index (χ3v) is 6.81. The van der Waals surface area contributed by atoms with E-state index in [9.17, 15) is 9.18 Å². The Labute approximate surface area is 194 Å². The molecule has 32 heavy (non-hydrogen) atoms. The zero-order valence-electron chi connectivity index (χ0n) is 18.3. The van der Waals surface area contributed by atoms with Gasteiger partial charge in [0, 0.05) is 49.1 Å². The number of benzene rings is 2. The number of rotatable bonds is 8. The van der Waals surface area contributed by atoms with E-state index in [2.05, 4.69) is 20.5 Å². The zero-order chi connectivity index (χ0) is 22.2. The molecule has 4 rings (SSSR count). The predicted octanol–water partition coefficient (Wildman–Crippen LogP) is 5.41. The molecular formula is C26H32FN3OS. The van der Waals surface area contributed by atoms with Crippen molar-refractivity contribution in [1.82, 2.24) is 10.2 Å². The van der Waals surface area contributed by atoms with Crippen LogP contribution in [0, 0.1) is 5.82 Å². The maximum atomic E-state index is 13.5. The van der Waals surface area contributed by atoms with Gasteiger partial charge in [-0.15, -0.1) is 11.3 Å². The van der Waals surface area contributed by atoms with Crippen LogP contribution in [-0.4, -0.2) is 50.1 Å². The molecule has 0 aliphatic carbocycles. The van der Waals surface area contributed by atoms with Gasteiger partial charge < -0.3 is 15.1 Å².